The van der Waals surface area contributed by atoms with Crippen molar-refractivity contribution < 1.29 is 19.1 Å². The molecule has 2 aromatic rings. The number of nitrogens with one attached hydrogen (secondary N) is 1. The average molecular weight is 300 g/mol. The van der Waals surface area contributed by atoms with Crippen LogP contribution in [0, 0.1) is 0 Å². The van der Waals surface area contributed by atoms with Crippen LogP contribution in [-0.2, 0) is 14.3 Å². The first-order chi connectivity index (χ1) is 10.7. The number of carbonyl (C=O) groups is 2. The van der Waals surface area contributed by atoms with Gasteiger partial charge in [-0.3, -0.25) is 9.89 Å². The molecule has 2 heterocycles. The summed E-state index contributed by atoms with van der Waals surface area (Å²) < 4.78 is 10.3. The number of ether oxygens (including phenoxy) is 2. The Hall–Kier alpha value is -2.47. The summed E-state index contributed by atoms with van der Waals surface area (Å²) in [5, 5.41) is 6.71. The van der Waals surface area contributed by atoms with E-state index in [0.717, 1.165) is 17.7 Å². The van der Waals surface area contributed by atoms with Crippen LogP contribution >= 0.6 is 0 Å². The maximum atomic E-state index is 12.0. The van der Waals surface area contributed by atoms with E-state index in [9.17, 15) is 9.59 Å². The Balaban J connectivity index is 1.62. The monoisotopic (exact) mass is 300 g/mol. The summed E-state index contributed by atoms with van der Waals surface area (Å²) in [6.45, 7) is 0.342. The van der Waals surface area contributed by atoms with E-state index in [1.807, 2.05) is 12.1 Å². The smallest absolute Gasteiger partial charge is 0.338 e. The van der Waals surface area contributed by atoms with Gasteiger partial charge in [-0.15, -0.1) is 0 Å². The zero-order chi connectivity index (χ0) is 15.4. The Kier molecular flexibility index (Phi) is 4.29. The van der Waals surface area contributed by atoms with Crippen molar-refractivity contribution in [1.29, 1.82) is 0 Å². The topological polar surface area (TPSA) is 81.3 Å². The van der Waals surface area contributed by atoms with Crippen molar-refractivity contribution in [2.75, 3.05) is 13.2 Å². The van der Waals surface area contributed by atoms with Crippen molar-refractivity contribution in [3.8, 4) is 11.3 Å². The lowest BCUT2D eigenvalue weighted by Gasteiger charge is -2.09. The van der Waals surface area contributed by atoms with Gasteiger partial charge in [0.05, 0.1) is 11.3 Å². The van der Waals surface area contributed by atoms with Crippen molar-refractivity contribution in [2.24, 2.45) is 0 Å². The molecule has 0 radical (unpaired) electrons. The first kappa shape index (κ1) is 14.5. The number of aromatic nitrogens is 2. The number of hydrogen-bond donors (Lipinski definition) is 1. The number of aromatic amines is 1. The summed E-state index contributed by atoms with van der Waals surface area (Å²) in [5.41, 5.74) is 2.04. The Bertz CT molecular complexity index is 661. The largest absolute Gasteiger partial charge is 0.454 e. The number of ketones is 1. The van der Waals surface area contributed by atoms with Crippen LogP contribution in [0.1, 0.15) is 23.2 Å². The molecule has 1 saturated heterocycles. The molecule has 1 N–H and O–H groups in total. The van der Waals surface area contributed by atoms with Gasteiger partial charge in [0.2, 0.25) is 0 Å². The highest BCUT2D eigenvalue weighted by Gasteiger charge is 2.24. The molecule has 114 valence electrons. The van der Waals surface area contributed by atoms with Crippen molar-refractivity contribution in [3.05, 3.63) is 42.1 Å². The molecule has 0 spiro atoms. The van der Waals surface area contributed by atoms with E-state index in [2.05, 4.69) is 10.2 Å². The van der Waals surface area contributed by atoms with Crippen molar-refractivity contribution in [1.82, 2.24) is 10.2 Å². The van der Waals surface area contributed by atoms with Gasteiger partial charge in [-0.25, -0.2) is 4.79 Å². The fraction of sp³-hybridized carbons (Fsp3) is 0.312. The molecule has 1 aliphatic heterocycles. The molecule has 1 aliphatic rings. The zero-order valence-corrected chi connectivity index (χ0v) is 12.0. The number of benzene rings is 1. The van der Waals surface area contributed by atoms with Gasteiger partial charge in [0.1, 0.15) is 6.10 Å². The second-order valence-corrected chi connectivity index (χ2v) is 5.10. The Morgan fingerprint density at radius 1 is 1.36 bits per heavy atom. The van der Waals surface area contributed by atoms with E-state index < -0.39 is 12.1 Å². The minimum atomic E-state index is -0.521. The molecule has 6 heteroatoms. The van der Waals surface area contributed by atoms with E-state index in [4.69, 9.17) is 9.47 Å². The summed E-state index contributed by atoms with van der Waals surface area (Å²) in [6, 6.07) is 8.78. The van der Waals surface area contributed by atoms with Gasteiger partial charge < -0.3 is 9.47 Å². The third-order valence-corrected chi connectivity index (χ3v) is 3.54. The highest BCUT2D eigenvalue weighted by molar-refractivity contribution is 5.93. The highest BCUT2D eigenvalue weighted by Crippen LogP contribution is 2.18. The van der Waals surface area contributed by atoms with Crippen LogP contribution in [0.25, 0.3) is 11.3 Å². The summed E-state index contributed by atoms with van der Waals surface area (Å²) >= 11 is 0. The fourth-order valence-electron chi connectivity index (χ4n) is 2.37. The second-order valence-electron chi connectivity index (χ2n) is 5.10. The Labute approximate surface area is 127 Å². The number of Topliss-reactive ketones (excluding diaryl/α,β-unsaturated/α-hetero) is 1. The van der Waals surface area contributed by atoms with Crippen molar-refractivity contribution in [3.63, 3.8) is 0 Å². The molecule has 0 saturated carbocycles. The van der Waals surface area contributed by atoms with Gasteiger partial charge in [0.25, 0.3) is 0 Å². The van der Waals surface area contributed by atoms with E-state index in [0.29, 0.717) is 18.6 Å². The molecule has 0 bridgehead atoms. The van der Waals surface area contributed by atoms with Gasteiger partial charge in [-0.05, 0) is 31.0 Å². The lowest BCUT2D eigenvalue weighted by Crippen LogP contribution is -2.25. The maximum Gasteiger partial charge on any atom is 0.338 e. The van der Waals surface area contributed by atoms with Crippen LogP contribution in [-0.4, -0.2) is 41.3 Å². The maximum absolute atomic E-state index is 12.0. The van der Waals surface area contributed by atoms with Crippen LogP contribution in [0.4, 0.5) is 0 Å². The predicted octanol–water partition coefficient (Wildman–Crippen LogP) is 1.98. The van der Waals surface area contributed by atoms with Gasteiger partial charge in [0, 0.05) is 18.4 Å². The molecule has 3 rings (SSSR count). The predicted molar refractivity (Wildman–Crippen MR) is 78.3 cm³/mol. The number of carbonyl (C=O) groups excluding carboxylic acids is 2. The molecule has 22 heavy (non-hydrogen) atoms. The number of hydrogen-bond acceptors (Lipinski definition) is 5. The molecule has 6 nitrogen and oxygen atoms in total. The van der Waals surface area contributed by atoms with E-state index >= 15 is 0 Å². The highest BCUT2D eigenvalue weighted by atomic mass is 16.5. The van der Waals surface area contributed by atoms with Crippen LogP contribution in [0.15, 0.2) is 36.5 Å². The SMILES string of the molecule is O=C(OCC(=O)C1CCCO1)c1cccc(-c2ccn[nH]2)c1. The Morgan fingerprint density at radius 2 is 2.27 bits per heavy atom. The lowest BCUT2D eigenvalue weighted by molar-refractivity contribution is -0.131. The van der Waals surface area contributed by atoms with E-state index in [1.165, 1.54) is 0 Å². The average Bonchev–Trinajstić information content (AvgIpc) is 3.25. The summed E-state index contributed by atoms with van der Waals surface area (Å²) in [4.78, 5) is 23.9. The van der Waals surface area contributed by atoms with Crippen LogP contribution < -0.4 is 0 Å². The zero-order valence-electron chi connectivity index (χ0n) is 12.0. The van der Waals surface area contributed by atoms with E-state index in [1.54, 1.807) is 24.4 Å². The first-order valence-corrected chi connectivity index (χ1v) is 7.15. The third kappa shape index (κ3) is 3.23. The summed E-state index contributed by atoms with van der Waals surface area (Å²) in [7, 11) is 0. The molecule has 0 aliphatic carbocycles. The quantitative estimate of drug-likeness (QED) is 0.854. The minimum Gasteiger partial charge on any atom is -0.454 e. The van der Waals surface area contributed by atoms with Gasteiger partial charge >= 0.3 is 5.97 Å². The molecule has 1 aromatic heterocycles. The molecule has 0 amide bonds. The fourth-order valence-corrected chi connectivity index (χ4v) is 2.37. The molecule has 1 aromatic carbocycles. The van der Waals surface area contributed by atoms with Crippen molar-refractivity contribution >= 4 is 11.8 Å². The normalized spacial score (nSPS) is 17.4. The summed E-state index contributed by atoms with van der Waals surface area (Å²) in [6.07, 6.45) is 2.78. The molecule has 1 fully saturated rings. The molecule has 1 atom stereocenters. The standard InChI is InChI=1S/C16H16N2O4/c19-14(15-5-2-8-21-15)10-22-16(20)12-4-1-3-11(9-12)13-6-7-17-18-13/h1,3-4,6-7,9,15H,2,5,8,10H2,(H,17,18). The second kappa shape index (κ2) is 6.53. The van der Waals surface area contributed by atoms with Crippen LogP contribution in [0.3, 0.4) is 0 Å². The van der Waals surface area contributed by atoms with Crippen LogP contribution in [0.2, 0.25) is 0 Å². The minimum absolute atomic E-state index is 0.185. The third-order valence-electron chi connectivity index (χ3n) is 3.54. The molecule has 1 unspecified atom stereocenters. The van der Waals surface area contributed by atoms with Gasteiger partial charge in [-0.1, -0.05) is 12.1 Å². The van der Waals surface area contributed by atoms with Gasteiger partial charge in [0.15, 0.2) is 12.4 Å². The number of H-pyrrole nitrogens is 1. The Morgan fingerprint density at radius 3 is 3.00 bits per heavy atom. The van der Waals surface area contributed by atoms with E-state index in [-0.39, 0.29) is 12.4 Å². The van der Waals surface area contributed by atoms with Crippen LogP contribution in [0.5, 0.6) is 0 Å². The molecular weight excluding hydrogens is 284 g/mol. The number of rotatable bonds is 5. The van der Waals surface area contributed by atoms with Gasteiger partial charge in [-0.2, -0.15) is 5.10 Å². The first-order valence-electron chi connectivity index (χ1n) is 7.15. The number of nitrogens with zero attached hydrogens (tertiary/aromatic N) is 1. The summed E-state index contributed by atoms with van der Waals surface area (Å²) in [5.74, 6) is -0.705. The van der Waals surface area contributed by atoms with Crippen molar-refractivity contribution in [2.45, 2.75) is 18.9 Å². The lowest BCUT2D eigenvalue weighted by atomic mass is 10.1. The number of esters is 1. The molecular formula is C16H16N2O4.